The van der Waals surface area contributed by atoms with Gasteiger partial charge in [0.1, 0.15) is 11.8 Å². The zero-order chi connectivity index (χ0) is 13.8. The lowest BCUT2D eigenvalue weighted by molar-refractivity contribution is -0.143. The third kappa shape index (κ3) is 3.65. The molecule has 1 N–H and O–H groups in total. The van der Waals surface area contributed by atoms with Gasteiger partial charge in [0.15, 0.2) is 0 Å². The summed E-state index contributed by atoms with van der Waals surface area (Å²) in [6, 6.07) is 7.05. The molecule has 0 aliphatic rings. The largest absolute Gasteiger partial charge is 0.497 e. The number of carbonyl (C=O) groups excluding carboxylic acids is 1. The smallest absolute Gasteiger partial charge is 0.328 e. The molecular formula is C14H21NO3. The van der Waals surface area contributed by atoms with E-state index in [1.54, 1.807) is 7.11 Å². The molecule has 100 valence electrons. The Balaban J connectivity index is 2.86. The molecule has 0 aliphatic heterocycles. The van der Waals surface area contributed by atoms with Gasteiger partial charge in [-0.3, -0.25) is 0 Å². The van der Waals surface area contributed by atoms with Crippen LogP contribution >= 0.6 is 0 Å². The van der Waals surface area contributed by atoms with Crippen LogP contribution in [-0.2, 0) is 9.53 Å². The molecule has 0 radical (unpaired) electrons. The number of methoxy groups -OCH3 is 2. The van der Waals surface area contributed by atoms with Gasteiger partial charge in [-0.05, 0) is 29.7 Å². The fraction of sp³-hybridized carbons (Fsp3) is 0.500. The molecule has 1 aromatic rings. The molecule has 0 aromatic heterocycles. The predicted octanol–water partition coefficient (Wildman–Crippen LogP) is 2.69. The first-order chi connectivity index (χ1) is 8.38. The lowest BCUT2D eigenvalue weighted by atomic mass is 9.86. The van der Waals surface area contributed by atoms with E-state index in [-0.39, 0.29) is 11.4 Å². The lowest BCUT2D eigenvalue weighted by Crippen LogP contribution is -2.41. The minimum absolute atomic E-state index is 0.229. The number of esters is 1. The van der Waals surface area contributed by atoms with Gasteiger partial charge in [0.2, 0.25) is 0 Å². The molecule has 0 saturated carbocycles. The predicted molar refractivity (Wildman–Crippen MR) is 71.9 cm³/mol. The molecule has 0 spiro atoms. The van der Waals surface area contributed by atoms with Crippen molar-refractivity contribution in [1.82, 2.24) is 0 Å². The quantitative estimate of drug-likeness (QED) is 0.836. The summed E-state index contributed by atoms with van der Waals surface area (Å²) < 4.78 is 9.92. The summed E-state index contributed by atoms with van der Waals surface area (Å²) in [6.07, 6.45) is 0. The van der Waals surface area contributed by atoms with E-state index < -0.39 is 6.04 Å². The van der Waals surface area contributed by atoms with Crippen LogP contribution in [-0.4, -0.2) is 26.2 Å². The number of ether oxygens (including phenoxy) is 2. The van der Waals surface area contributed by atoms with Crippen LogP contribution in [0.1, 0.15) is 20.8 Å². The molecule has 1 unspecified atom stereocenters. The summed E-state index contributed by atoms with van der Waals surface area (Å²) in [5.41, 5.74) is 0.633. The summed E-state index contributed by atoms with van der Waals surface area (Å²) in [4.78, 5) is 11.8. The second-order valence-electron chi connectivity index (χ2n) is 5.20. The maximum absolute atomic E-state index is 11.8. The highest BCUT2D eigenvalue weighted by molar-refractivity contribution is 5.80. The number of rotatable bonds is 4. The van der Waals surface area contributed by atoms with E-state index in [1.165, 1.54) is 7.11 Å². The van der Waals surface area contributed by atoms with Crippen LogP contribution in [0.15, 0.2) is 24.3 Å². The Bertz CT molecular complexity index is 392. The Morgan fingerprint density at radius 1 is 1.17 bits per heavy atom. The Morgan fingerprint density at radius 2 is 1.72 bits per heavy atom. The van der Waals surface area contributed by atoms with E-state index in [0.29, 0.717) is 0 Å². The van der Waals surface area contributed by atoms with Crippen LogP contribution in [0, 0.1) is 5.41 Å². The zero-order valence-electron chi connectivity index (χ0n) is 11.6. The Morgan fingerprint density at radius 3 is 2.11 bits per heavy atom. The number of nitrogens with one attached hydrogen (secondary N) is 1. The topological polar surface area (TPSA) is 47.6 Å². The maximum Gasteiger partial charge on any atom is 0.328 e. The minimum Gasteiger partial charge on any atom is -0.497 e. The molecule has 0 fully saturated rings. The average molecular weight is 251 g/mol. The molecule has 0 amide bonds. The first-order valence-corrected chi connectivity index (χ1v) is 5.87. The van der Waals surface area contributed by atoms with Gasteiger partial charge in [-0.15, -0.1) is 0 Å². The SMILES string of the molecule is COC(=O)C(Nc1ccc(OC)cc1)C(C)(C)C. The lowest BCUT2D eigenvalue weighted by Gasteiger charge is -2.29. The molecule has 0 saturated heterocycles. The van der Waals surface area contributed by atoms with Gasteiger partial charge in [-0.2, -0.15) is 0 Å². The molecule has 0 heterocycles. The molecule has 0 aliphatic carbocycles. The molecule has 1 atom stereocenters. The van der Waals surface area contributed by atoms with Gasteiger partial charge in [0.25, 0.3) is 0 Å². The van der Waals surface area contributed by atoms with Crippen LogP contribution in [0.4, 0.5) is 5.69 Å². The van der Waals surface area contributed by atoms with Crippen molar-refractivity contribution >= 4 is 11.7 Å². The van der Waals surface area contributed by atoms with E-state index in [1.807, 2.05) is 45.0 Å². The Kier molecular flexibility index (Phi) is 4.59. The van der Waals surface area contributed by atoms with Crippen LogP contribution < -0.4 is 10.1 Å². The second kappa shape index (κ2) is 5.76. The van der Waals surface area contributed by atoms with Crippen LogP contribution in [0.5, 0.6) is 5.75 Å². The second-order valence-corrected chi connectivity index (χ2v) is 5.20. The van der Waals surface area contributed by atoms with E-state index >= 15 is 0 Å². The van der Waals surface area contributed by atoms with Crippen molar-refractivity contribution in [2.24, 2.45) is 5.41 Å². The minimum atomic E-state index is -0.393. The molecule has 1 rings (SSSR count). The van der Waals surface area contributed by atoms with Gasteiger partial charge < -0.3 is 14.8 Å². The van der Waals surface area contributed by atoms with Gasteiger partial charge in [-0.25, -0.2) is 4.79 Å². The highest BCUT2D eigenvalue weighted by Crippen LogP contribution is 2.25. The zero-order valence-corrected chi connectivity index (χ0v) is 11.6. The normalized spacial score (nSPS) is 12.7. The average Bonchev–Trinajstić information content (AvgIpc) is 2.34. The maximum atomic E-state index is 11.8. The highest BCUT2D eigenvalue weighted by atomic mass is 16.5. The van der Waals surface area contributed by atoms with Crippen molar-refractivity contribution in [2.75, 3.05) is 19.5 Å². The van der Waals surface area contributed by atoms with E-state index in [4.69, 9.17) is 9.47 Å². The fourth-order valence-corrected chi connectivity index (χ4v) is 1.60. The monoisotopic (exact) mass is 251 g/mol. The van der Waals surface area contributed by atoms with Crippen molar-refractivity contribution in [3.05, 3.63) is 24.3 Å². The van der Waals surface area contributed by atoms with Crippen molar-refractivity contribution in [3.63, 3.8) is 0 Å². The summed E-state index contributed by atoms with van der Waals surface area (Å²) in [5, 5.41) is 3.19. The number of hydrogen-bond donors (Lipinski definition) is 1. The molecule has 4 heteroatoms. The molecule has 4 nitrogen and oxygen atoms in total. The summed E-state index contributed by atoms with van der Waals surface area (Å²) in [6.45, 7) is 5.97. The van der Waals surface area contributed by atoms with Crippen molar-refractivity contribution in [1.29, 1.82) is 0 Å². The van der Waals surface area contributed by atoms with E-state index in [0.717, 1.165) is 11.4 Å². The summed E-state index contributed by atoms with van der Waals surface area (Å²) in [5.74, 6) is 0.518. The molecular weight excluding hydrogens is 230 g/mol. The fourth-order valence-electron chi connectivity index (χ4n) is 1.60. The summed E-state index contributed by atoms with van der Waals surface area (Å²) >= 11 is 0. The first-order valence-electron chi connectivity index (χ1n) is 5.87. The van der Waals surface area contributed by atoms with Crippen LogP contribution in [0.3, 0.4) is 0 Å². The van der Waals surface area contributed by atoms with E-state index in [2.05, 4.69) is 5.32 Å². The van der Waals surface area contributed by atoms with Gasteiger partial charge in [0, 0.05) is 5.69 Å². The number of carbonyl (C=O) groups is 1. The first kappa shape index (κ1) is 14.4. The van der Waals surface area contributed by atoms with Crippen LogP contribution in [0.2, 0.25) is 0 Å². The van der Waals surface area contributed by atoms with Crippen molar-refractivity contribution in [3.8, 4) is 5.75 Å². The van der Waals surface area contributed by atoms with Gasteiger partial charge >= 0.3 is 5.97 Å². The van der Waals surface area contributed by atoms with Gasteiger partial charge in [-0.1, -0.05) is 20.8 Å². The number of benzene rings is 1. The van der Waals surface area contributed by atoms with Crippen molar-refractivity contribution < 1.29 is 14.3 Å². The standard InChI is InChI=1S/C14H21NO3/c1-14(2,3)12(13(16)18-5)15-10-6-8-11(17-4)9-7-10/h6-9,12,15H,1-5H3. The van der Waals surface area contributed by atoms with Gasteiger partial charge in [0.05, 0.1) is 14.2 Å². The Hall–Kier alpha value is -1.71. The number of anilines is 1. The number of hydrogen-bond acceptors (Lipinski definition) is 4. The highest BCUT2D eigenvalue weighted by Gasteiger charge is 2.32. The van der Waals surface area contributed by atoms with E-state index in [9.17, 15) is 4.79 Å². The van der Waals surface area contributed by atoms with Crippen molar-refractivity contribution in [2.45, 2.75) is 26.8 Å². The molecule has 0 bridgehead atoms. The third-order valence-corrected chi connectivity index (χ3v) is 2.70. The van der Waals surface area contributed by atoms with Crippen LogP contribution in [0.25, 0.3) is 0 Å². The summed E-state index contributed by atoms with van der Waals surface area (Å²) in [7, 11) is 3.02. The third-order valence-electron chi connectivity index (χ3n) is 2.70. The Labute approximate surface area is 108 Å². The molecule has 1 aromatic carbocycles. The molecule has 18 heavy (non-hydrogen) atoms.